The van der Waals surface area contributed by atoms with Gasteiger partial charge in [0, 0.05) is 65.8 Å². The van der Waals surface area contributed by atoms with Gasteiger partial charge in [-0.15, -0.1) is 0 Å². The molecule has 17 aromatic rings. The van der Waals surface area contributed by atoms with E-state index in [0.717, 1.165) is 34.1 Å². The number of anilines is 6. The number of aromatic nitrogens is 2. The summed E-state index contributed by atoms with van der Waals surface area (Å²) in [6, 6.07) is 100. The SMILES string of the molecule is CC(C)(C)c1ccc2c(c1)c1c(N(c3ccccc3)c3cccc(-c4cccc5ccccc45)c3)ccc3c4cc5c(cc4n2c31)c1ccc(N(c2ccccc2)c2cccc(-c3cccc4ccccc34)c2)c2c3cc(C(C)(C)C)ccc3n5c12. The molecule has 0 atom stereocenters. The number of hydrogen-bond acceptors (Lipinski definition) is 2. The van der Waals surface area contributed by atoms with Gasteiger partial charge in [0.25, 0.3) is 0 Å². The van der Waals surface area contributed by atoms with Gasteiger partial charge in [0.05, 0.1) is 44.5 Å². The summed E-state index contributed by atoms with van der Waals surface area (Å²) in [5.41, 5.74) is 21.4. The van der Waals surface area contributed by atoms with E-state index in [4.69, 9.17) is 0 Å². The maximum atomic E-state index is 2.59. The van der Waals surface area contributed by atoms with Crippen molar-refractivity contribution in [2.24, 2.45) is 0 Å². The lowest BCUT2D eigenvalue weighted by atomic mass is 9.86. The highest BCUT2D eigenvalue weighted by Crippen LogP contribution is 2.53. The molecule has 0 bridgehead atoms. The number of para-hydroxylation sites is 2. The van der Waals surface area contributed by atoms with Crippen LogP contribution in [0.5, 0.6) is 0 Å². The summed E-state index contributed by atoms with van der Waals surface area (Å²) in [6.07, 6.45) is 0. The van der Waals surface area contributed by atoms with Crippen LogP contribution in [0, 0.1) is 0 Å². The molecule has 0 N–H and O–H groups in total. The van der Waals surface area contributed by atoms with Crippen molar-refractivity contribution in [1.29, 1.82) is 0 Å². The Kier molecular flexibility index (Phi) is 10.8. The number of fused-ring (bicyclic) bond motifs is 14. The fraction of sp³-hybridized carbons (Fsp3) is 0.0976. The van der Waals surface area contributed by atoms with E-state index in [9.17, 15) is 0 Å². The van der Waals surface area contributed by atoms with Crippen LogP contribution >= 0.6 is 0 Å². The maximum Gasteiger partial charge on any atom is 0.0641 e. The molecule has 0 amide bonds. The van der Waals surface area contributed by atoms with Crippen LogP contribution in [0.1, 0.15) is 52.7 Å². The van der Waals surface area contributed by atoms with E-state index in [1.807, 2.05) is 0 Å². The van der Waals surface area contributed by atoms with Crippen LogP contribution < -0.4 is 9.80 Å². The van der Waals surface area contributed by atoms with Crippen LogP contribution in [0.15, 0.2) is 267 Å². The van der Waals surface area contributed by atoms with E-state index in [-0.39, 0.29) is 10.8 Å². The highest BCUT2D eigenvalue weighted by Gasteiger charge is 2.30. The number of nitrogens with zero attached hydrogens (tertiary/aromatic N) is 4. The molecule has 0 aliphatic heterocycles. The van der Waals surface area contributed by atoms with Crippen molar-refractivity contribution in [3.63, 3.8) is 0 Å². The van der Waals surface area contributed by atoms with Crippen LogP contribution in [-0.4, -0.2) is 8.80 Å². The zero-order valence-corrected chi connectivity index (χ0v) is 49.2. The molecule has 410 valence electrons. The predicted molar refractivity (Wildman–Crippen MR) is 368 cm³/mol. The molecule has 4 nitrogen and oxygen atoms in total. The van der Waals surface area contributed by atoms with E-state index >= 15 is 0 Å². The van der Waals surface area contributed by atoms with Crippen molar-refractivity contribution >= 4 is 132 Å². The van der Waals surface area contributed by atoms with Crippen LogP contribution in [0.25, 0.3) is 120 Å². The summed E-state index contributed by atoms with van der Waals surface area (Å²) in [4.78, 5) is 4.98. The van der Waals surface area contributed by atoms with Gasteiger partial charge in [0.1, 0.15) is 0 Å². The van der Waals surface area contributed by atoms with Crippen LogP contribution in [0.3, 0.4) is 0 Å². The van der Waals surface area contributed by atoms with Gasteiger partial charge >= 0.3 is 0 Å². The number of hydrogen-bond donors (Lipinski definition) is 0. The molecular weight excluding hydrogens is 1040 g/mol. The molecule has 4 heteroatoms. The second-order valence-electron chi connectivity index (χ2n) is 25.7. The molecule has 4 aromatic heterocycles. The Bertz CT molecular complexity index is 5200. The summed E-state index contributed by atoms with van der Waals surface area (Å²) in [7, 11) is 0. The first kappa shape index (κ1) is 50.1. The second-order valence-corrected chi connectivity index (χ2v) is 25.7. The molecule has 0 spiro atoms. The van der Waals surface area contributed by atoms with E-state index in [0.29, 0.717) is 0 Å². The fourth-order valence-electron chi connectivity index (χ4n) is 14.5. The predicted octanol–water partition coefficient (Wildman–Crippen LogP) is 23.2. The lowest BCUT2D eigenvalue weighted by Gasteiger charge is -2.27. The fourth-order valence-corrected chi connectivity index (χ4v) is 14.5. The van der Waals surface area contributed by atoms with Gasteiger partial charge in [-0.1, -0.05) is 211 Å². The molecule has 0 aliphatic carbocycles. The van der Waals surface area contributed by atoms with Gasteiger partial charge < -0.3 is 18.6 Å². The first-order valence-corrected chi connectivity index (χ1v) is 30.2. The normalized spacial score (nSPS) is 12.5. The quantitative estimate of drug-likeness (QED) is 0.151. The van der Waals surface area contributed by atoms with Crippen molar-refractivity contribution in [1.82, 2.24) is 8.80 Å². The van der Waals surface area contributed by atoms with E-state index in [2.05, 4.69) is 327 Å². The summed E-state index contributed by atoms with van der Waals surface area (Å²) >= 11 is 0. The summed E-state index contributed by atoms with van der Waals surface area (Å²) in [5, 5.41) is 15.0. The van der Waals surface area contributed by atoms with E-state index < -0.39 is 0 Å². The summed E-state index contributed by atoms with van der Waals surface area (Å²) < 4.78 is 5.18. The Hall–Kier alpha value is -10.4. The smallest absolute Gasteiger partial charge is 0.0641 e. The molecular formula is C82H62N4. The second kappa shape index (κ2) is 18.5. The third-order valence-electron chi connectivity index (χ3n) is 18.6. The van der Waals surface area contributed by atoms with Crippen molar-refractivity contribution in [2.75, 3.05) is 9.80 Å². The zero-order valence-electron chi connectivity index (χ0n) is 49.2. The van der Waals surface area contributed by atoms with Gasteiger partial charge in [0.2, 0.25) is 0 Å². The van der Waals surface area contributed by atoms with Crippen LogP contribution in [0.2, 0.25) is 0 Å². The minimum Gasteiger partial charge on any atom is -0.310 e. The molecule has 0 unspecified atom stereocenters. The number of benzene rings is 13. The topological polar surface area (TPSA) is 15.3 Å². The molecule has 0 saturated carbocycles. The maximum absolute atomic E-state index is 2.59. The standard InChI is InChI=1S/C82H62N4/c1-81(2,3)55-37-41-71-69(47-55)77-73(83(57-27-9-7-10-28-57)59-31-17-25-53(45-59)63-35-19-23-51-21-13-15-33-61(51)63)43-39-65-67-50-76-68(49-75(67)85(71)79(65)77)66-40-44-74(78-70-48-56(82(4,5)6)38-42-72(70)86(76)80(66)78)84(58-29-11-8-12-30-58)60-32-18-26-54(46-60)64-36-20-24-52-22-14-16-34-62(52)64/h7-50H,1-6H3. The average Bonchev–Trinajstić information content (AvgIpc) is 1.62. The Morgan fingerprint density at radius 2 is 0.651 bits per heavy atom. The van der Waals surface area contributed by atoms with Gasteiger partial charge in [-0.25, -0.2) is 0 Å². The van der Waals surface area contributed by atoms with Gasteiger partial charge in [-0.05, 0) is 163 Å². The largest absolute Gasteiger partial charge is 0.310 e. The first-order chi connectivity index (χ1) is 41.9. The minimum atomic E-state index is -0.0633. The molecule has 86 heavy (non-hydrogen) atoms. The first-order valence-electron chi connectivity index (χ1n) is 30.2. The van der Waals surface area contributed by atoms with Crippen molar-refractivity contribution < 1.29 is 0 Å². The van der Waals surface area contributed by atoms with Crippen molar-refractivity contribution in [3.05, 3.63) is 278 Å². The van der Waals surface area contributed by atoms with Crippen LogP contribution in [-0.2, 0) is 10.8 Å². The highest BCUT2D eigenvalue weighted by atomic mass is 15.2. The van der Waals surface area contributed by atoms with Crippen LogP contribution in [0.4, 0.5) is 34.1 Å². The Morgan fingerprint density at radius 1 is 0.267 bits per heavy atom. The molecule has 0 fully saturated rings. The minimum absolute atomic E-state index is 0.0633. The highest BCUT2D eigenvalue weighted by molar-refractivity contribution is 6.32. The zero-order chi connectivity index (χ0) is 57.7. The lowest BCUT2D eigenvalue weighted by molar-refractivity contribution is 0.591. The van der Waals surface area contributed by atoms with Gasteiger partial charge in [-0.3, -0.25) is 0 Å². The molecule has 4 heterocycles. The molecule has 13 aromatic carbocycles. The Balaban J connectivity index is 0.933. The number of rotatable bonds is 8. The van der Waals surface area contributed by atoms with Gasteiger partial charge in [-0.2, -0.15) is 0 Å². The Labute approximate surface area is 500 Å². The molecule has 0 radical (unpaired) electrons. The lowest BCUT2D eigenvalue weighted by Crippen LogP contribution is -2.11. The van der Waals surface area contributed by atoms with Gasteiger partial charge in [0.15, 0.2) is 0 Å². The monoisotopic (exact) mass is 1100 g/mol. The molecule has 0 saturated heterocycles. The average molecular weight is 1100 g/mol. The van der Waals surface area contributed by atoms with Crippen molar-refractivity contribution in [3.8, 4) is 22.3 Å². The summed E-state index contributed by atoms with van der Waals surface area (Å²) in [6.45, 7) is 14.0. The third kappa shape index (κ3) is 7.48. The third-order valence-corrected chi connectivity index (χ3v) is 18.6. The molecule has 17 rings (SSSR count). The van der Waals surface area contributed by atoms with E-state index in [1.54, 1.807) is 0 Å². The summed E-state index contributed by atoms with van der Waals surface area (Å²) in [5.74, 6) is 0. The molecule has 0 aliphatic rings. The Morgan fingerprint density at radius 3 is 1.08 bits per heavy atom. The van der Waals surface area contributed by atoms with Crippen molar-refractivity contribution in [2.45, 2.75) is 52.4 Å². The van der Waals surface area contributed by atoms with E-state index in [1.165, 1.54) is 131 Å².